The van der Waals surface area contributed by atoms with Crippen LogP contribution in [0, 0.1) is 19.3 Å². The van der Waals surface area contributed by atoms with Gasteiger partial charge in [0, 0.05) is 25.5 Å². The highest BCUT2D eigenvalue weighted by atomic mass is 16.3. The van der Waals surface area contributed by atoms with Gasteiger partial charge in [0.2, 0.25) is 0 Å². The first kappa shape index (κ1) is 16.4. The van der Waals surface area contributed by atoms with Crippen LogP contribution in [-0.2, 0) is 13.6 Å². The van der Waals surface area contributed by atoms with Crippen LogP contribution >= 0.6 is 0 Å². The smallest absolute Gasteiger partial charge is 0.258 e. The van der Waals surface area contributed by atoms with Crippen molar-refractivity contribution in [2.24, 2.45) is 12.5 Å². The van der Waals surface area contributed by atoms with E-state index in [9.17, 15) is 4.79 Å². The fourth-order valence-electron chi connectivity index (χ4n) is 4.25. The lowest BCUT2D eigenvalue weighted by atomic mass is 9.93. The number of nitrogens with one attached hydrogen (secondary N) is 1. The third-order valence-electron chi connectivity index (χ3n) is 5.89. The molecule has 1 N–H and O–H groups in total. The summed E-state index contributed by atoms with van der Waals surface area (Å²) in [5.41, 5.74) is 0.973. The van der Waals surface area contributed by atoms with E-state index in [1.54, 1.807) is 6.20 Å². The van der Waals surface area contributed by atoms with Crippen LogP contribution in [0.1, 0.15) is 47.0 Å². The number of imidazole rings is 1. The normalized spacial score (nSPS) is 21.5. The number of carbonyl (C=O) groups is 1. The minimum atomic E-state index is 0.0674. The summed E-state index contributed by atoms with van der Waals surface area (Å²) in [6.45, 7) is 6.39. The Bertz CT molecular complexity index is 785. The molecule has 1 amide bonds. The van der Waals surface area contributed by atoms with Gasteiger partial charge in [0.15, 0.2) is 0 Å². The molecule has 1 aliphatic carbocycles. The summed E-state index contributed by atoms with van der Waals surface area (Å²) in [5.74, 6) is 2.47. The number of aromatic nitrogens is 2. The van der Waals surface area contributed by atoms with Gasteiger partial charge in [0.25, 0.3) is 5.91 Å². The van der Waals surface area contributed by atoms with Gasteiger partial charge in [-0.2, -0.15) is 0 Å². The molecule has 25 heavy (non-hydrogen) atoms. The van der Waals surface area contributed by atoms with Gasteiger partial charge in [-0.25, -0.2) is 4.98 Å². The van der Waals surface area contributed by atoms with Crippen molar-refractivity contribution in [1.82, 2.24) is 19.8 Å². The van der Waals surface area contributed by atoms with Gasteiger partial charge in [-0.3, -0.25) is 4.79 Å². The van der Waals surface area contributed by atoms with E-state index in [0.717, 1.165) is 43.9 Å². The highest BCUT2D eigenvalue weighted by Crippen LogP contribution is 2.56. The molecule has 0 aromatic carbocycles. The van der Waals surface area contributed by atoms with Gasteiger partial charge >= 0.3 is 0 Å². The van der Waals surface area contributed by atoms with Gasteiger partial charge in [0.05, 0.1) is 12.1 Å². The molecule has 2 aromatic rings. The van der Waals surface area contributed by atoms with E-state index >= 15 is 0 Å². The molecule has 0 radical (unpaired) electrons. The molecule has 4 rings (SSSR count). The van der Waals surface area contributed by atoms with Crippen molar-refractivity contribution in [1.29, 1.82) is 0 Å². The molecule has 6 nitrogen and oxygen atoms in total. The predicted octanol–water partition coefficient (Wildman–Crippen LogP) is 2.41. The number of aryl methyl sites for hydroxylation is 3. The predicted molar refractivity (Wildman–Crippen MR) is 94.2 cm³/mol. The van der Waals surface area contributed by atoms with Gasteiger partial charge in [0.1, 0.15) is 17.3 Å². The molecule has 1 aliphatic heterocycles. The zero-order chi connectivity index (χ0) is 17.6. The first-order valence-electron chi connectivity index (χ1n) is 9.05. The van der Waals surface area contributed by atoms with Crippen LogP contribution in [0.25, 0.3) is 0 Å². The van der Waals surface area contributed by atoms with E-state index in [1.807, 2.05) is 42.6 Å². The molecule has 2 aromatic heterocycles. The third kappa shape index (κ3) is 2.88. The topological polar surface area (TPSA) is 63.3 Å². The van der Waals surface area contributed by atoms with E-state index in [4.69, 9.17) is 4.42 Å². The first-order valence-corrected chi connectivity index (χ1v) is 9.05. The number of hydrogen-bond donors (Lipinski definition) is 1. The molecule has 3 heterocycles. The molecule has 1 atom stereocenters. The summed E-state index contributed by atoms with van der Waals surface area (Å²) in [7, 11) is 1.98. The molecule has 1 unspecified atom stereocenters. The van der Waals surface area contributed by atoms with E-state index in [0.29, 0.717) is 29.3 Å². The number of hydrogen-bond acceptors (Lipinski definition) is 4. The average molecular weight is 342 g/mol. The molecule has 1 saturated carbocycles. The molecule has 2 fully saturated rings. The average Bonchev–Trinajstić information content (AvgIpc) is 2.91. The lowest BCUT2D eigenvalue weighted by molar-refractivity contribution is 0.0683. The monoisotopic (exact) mass is 342 g/mol. The third-order valence-corrected chi connectivity index (χ3v) is 5.89. The van der Waals surface area contributed by atoms with E-state index in [1.165, 1.54) is 0 Å². The Hall–Kier alpha value is -2.08. The Morgan fingerprint density at radius 1 is 1.44 bits per heavy atom. The number of furan rings is 1. The van der Waals surface area contributed by atoms with Crippen molar-refractivity contribution in [2.45, 2.75) is 45.7 Å². The molecule has 6 heteroatoms. The molecule has 1 spiro atoms. The van der Waals surface area contributed by atoms with Crippen LogP contribution in [0.15, 0.2) is 22.9 Å². The zero-order valence-electron chi connectivity index (χ0n) is 15.2. The quantitative estimate of drug-likeness (QED) is 0.927. The molecular weight excluding hydrogens is 316 g/mol. The first-order chi connectivity index (χ1) is 12.0. The van der Waals surface area contributed by atoms with E-state index in [-0.39, 0.29) is 5.91 Å². The van der Waals surface area contributed by atoms with Crippen molar-refractivity contribution >= 4 is 5.91 Å². The van der Waals surface area contributed by atoms with Crippen LogP contribution in [0.3, 0.4) is 0 Å². The molecule has 0 bridgehead atoms. The Morgan fingerprint density at radius 3 is 2.80 bits per heavy atom. The standard InChI is InChI=1S/C19H26N4O2/c1-13-10-15(14(2)25-13)18(24)23(12-17-21-8-9-22(17)3)16-11-19(16)4-6-20-7-5-19/h8-10,16,20H,4-7,11-12H2,1-3H3. The molecule has 134 valence electrons. The lowest BCUT2D eigenvalue weighted by Crippen LogP contribution is -2.39. The number of nitrogens with zero attached hydrogens (tertiary/aromatic N) is 3. The minimum Gasteiger partial charge on any atom is -0.466 e. The SMILES string of the molecule is Cc1cc(C(=O)N(Cc2nccn2C)C2CC23CCNCC3)c(C)o1. The van der Waals surface area contributed by atoms with Gasteiger partial charge in [-0.05, 0) is 57.7 Å². The van der Waals surface area contributed by atoms with Crippen molar-refractivity contribution in [3.63, 3.8) is 0 Å². The van der Waals surface area contributed by atoms with E-state index < -0.39 is 0 Å². The number of carbonyl (C=O) groups excluding carboxylic acids is 1. The second-order valence-corrected chi connectivity index (χ2v) is 7.55. The van der Waals surface area contributed by atoms with Gasteiger partial charge in [-0.1, -0.05) is 0 Å². The lowest BCUT2D eigenvalue weighted by Gasteiger charge is -2.29. The maximum atomic E-state index is 13.3. The Morgan fingerprint density at radius 2 is 2.20 bits per heavy atom. The van der Waals surface area contributed by atoms with Crippen LogP contribution in [-0.4, -0.2) is 39.5 Å². The van der Waals surface area contributed by atoms with Crippen molar-refractivity contribution in [3.05, 3.63) is 41.4 Å². The van der Waals surface area contributed by atoms with Gasteiger partial charge < -0.3 is 19.2 Å². The molecular formula is C19H26N4O2. The summed E-state index contributed by atoms with van der Waals surface area (Å²) in [4.78, 5) is 19.8. The Balaban J connectivity index is 1.63. The number of piperidine rings is 1. The van der Waals surface area contributed by atoms with Crippen LogP contribution in [0.2, 0.25) is 0 Å². The molecule has 2 aliphatic rings. The highest BCUT2D eigenvalue weighted by Gasteiger charge is 2.58. The van der Waals surface area contributed by atoms with Crippen molar-refractivity contribution < 1.29 is 9.21 Å². The molecule has 1 saturated heterocycles. The summed E-state index contributed by atoms with van der Waals surface area (Å²) in [6, 6.07) is 2.16. The summed E-state index contributed by atoms with van der Waals surface area (Å²) < 4.78 is 7.59. The summed E-state index contributed by atoms with van der Waals surface area (Å²) >= 11 is 0. The largest absolute Gasteiger partial charge is 0.466 e. The Kier molecular flexibility index (Phi) is 3.95. The second kappa shape index (κ2) is 6.02. The van der Waals surface area contributed by atoms with Crippen LogP contribution in [0.5, 0.6) is 0 Å². The van der Waals surface area contributed by atoms with Crippen molar-refractivity contribution in [2.75, 3.05) is 13.1 Å². The fraction of sp³-hybridized carbons (Fsp3) is 0.579. The zero-order valence-corrected chi connectivity index (χ0v) is 15.2. The highest BCUT2D eigenvalue weighted by molar-refractivity contribution is 5.95. The minimum absolute atomic E-state index is 0.0674. The van der Waals surface area contributed by atoms with Crippen LogP contribution in [0.4, 0.5) is 0 Å². The number of amides is 1. The summed E-state index contributed by atoms with van der Waals surface area (Å²) in [6.07, 6.45) is 7.11. The maximum Gasteiger partial charge on any atom is 0.258 e. The van der Waals surface area contributed by atoms with E-state index in [2.05, 4.69) is 10.3 Å². The second-order valence-electron chi connectivity index (χ2n) is 7.55. The summed E-state index contributed by atoms with van der Waals surface area (Å²) in [5, 5.41) is 3.43. The van der Waals surface area contributed by atoms with Crippen LogP contribution < -0.4 is 5.32 Å². The van der Waals surface area contributed by atoms with Gasteiger partial charge in [-0.15, -0.1) is 0 Å². The Labute approximate surface area is 148 Å². The maximum absolute atomic E-state index is 13.3. The number of rotatable bonds is 4. The van der Waals surface area contributed by atoms with Crippen molar-refractivity contribution in [3.8, 4) is 0 Å². The fourth-order valence-corrected chi connectivity index (χ4v) is 4.25.